The Hall–Kier alpha value is 0.0969. The van der Waals surface area contributed by atoms with Crippen molar-refractivity contribution >= 4 is 9.28 Å². The monoisotopic (exact) mass is 148 g/mol. The molecule has 9 heavy (non-hydrogen) atoms. The van der Waals surface area contributed by atoms with Crippen LogP contribution < -0.4 is 0 Å². The molecule has 0 amide bonds. The van der Waals surface area contributed by atoms with Gasteiger partial charge < -0.3 is 14.3 Å². The average Bonchev–Trinajstić information content (AvgIpc) is 1.90. The van der Waals surface area contributed by atoms with Crippen molar-refractivity contribution in [3.63, 3.8) is 0 Å². The van der Waals surface area contributed by atoms with Gasteiger partial charge in [0.1, 0.15) is 0 Å². The lowest BCUT2D eigenvalue weighted by atomic mass is 10.2. The molecular formula is C5H12O3Si. The largest absolute Gasteiger partial charge is 0.413 e. The van der Waals surface area contributed by atoms with Crippen molar-refractivity contribution in [3.05, 3.63) is 0 Å². The zero-order valence-corrected chi connectivity index (χ0v) is 6.44. The molecule has 0 bridgehead atoms. The fourth-order valence-electron chi connectivity index (χ4n) is 1.00. The molecule has 0 aromatic rings. The van der Waals surface area contributed by atoms with Crippen LogP contribution in [0.1, 0.15) is 12.8 Å². The number of hydrogen-bond donors (Lipinski definition) is 2. The molecule has 1 atom stereocenters. The lowest BCUT2D eigenvalue weighted by Gasteiger charge is -2.21. The zero-order valence-electron chi connectivity index (χ0n) is 5.29. The van der Waals surface area contributed by atoms with Gasteiger partial charge >= 0.3 is 9.28 Å². The third kappa shape index (κ3) is 2.06. The first-order valence-electron chi connectivity index (χ1n) is 3.24. The first-order valence-corrected chi connectivity index (χ1v) is 4.94. The maximum absolute atomic E-state index is 8.79. The molecule has 0 spiro atoms. The van der Waals surface area contributed by atoms with Crippen LogP contribution >= 0.6 is 0 Å². The van der Waals surface area contributed by atoms with Gasteiger partial charge in [-0.2, -0.15) is 0 Å². The molecule has 0 aromatic carbocycles. The van der Waals surface area contributed by atoms with Crippen LogP contribution in [0.2, 0.25) is 5.54 Å². The van der Waals surface area contributed by atoms with Gasteiger partial charge in [0.2, 0.25) is 0 Å². The Morgan fingerprint density at radius 1 is 1.44 bits per heavy atom. The lowest BCUT2D eigenvalue weighted by Crippen LogP contribution is -2.27. The zero-order chi connectivity index (χ0) is 6.69. The van der Waals surface area contributed by atoms with E-state index in [4.69, 9.17) is 14.3 Å². The van der Waals surface area contributed by atoms with Crippen LogP contribution in [0.4, 0.5) is 0 Å². The second-order valence-corrected chi connectivity index (χ2v) is 4.16. The predicted molar refractivity (Wildman–Crippen MR) is 35.4 cm³/mol. The number of rotatable bonds is 1. The topological polar surface area (TPSA) is 49.7 Å². The molecule has 54 valence electrons. The summed E-state index contributed by atoms with van der Waals surface area (Å²) in [6.07, 6.45) is 1.92. The van der Waals surface area contributed by atoms with Crippen LogP contribution in [-0.4, -0.2) is 32.1 Å². The third-order valence-electron chi connectivity index (χ3n) is 1.62. The van der Waals surface area contributed by atoms with Crippen LogP contribution in [0, 0.1) is 0 Å². The standard InChI is InChI=1S/C5H12O3Si/c6-9(7)5-2-1-3-8-4-5/h5-7,9H,1-4H2. The van der Waals surface area contributed by atoms with Gasteiger partial charge in [0.25, 0.3) is 0 Å². The van der Waals surface area contributed by atoms with Gasteiger partial charge in [-0.25, -0.2) is 0 Å². The average molecular weight is 148 g/mol. The van der Waals surface area contributed by atoms with Crippen molar-refractivity contribution in [1.82, 2.24) is 0 Å². The van der Waals surface area contributed by atoms with Crippen molar-refractivity contribution in [2.24, 2.45) is 0 Å². The van der Waals surface area contributed by atoms with Gasteiger partial charge in [-0.15, -0.1) is 0 Å². The Bertz CT molecular complexity index is 80.3. The summed E-state index contributed by atoms with van der Waals surface area (Å²) in [5, 5.41) is 0. The van der Waals surface area contributed by atoms with Crippen molar-refractivity contribution in [2.45, 2.75) is 18.4 Å². The Morgan fingerprint density at radius 3 is 2.56 bits per heavy atom. The Kier molecular flexibility index (Phi) is 2.65. The van der Waals surface area contributed by atoms with E-state index >= 15 is 0 Å². The van der Waals surface area contributed by atoms with E-state index in [0.29, 0.717) is 6.61 Å². The molecule has 1 heterocycles. The second-order valence-electron chi connectivity index (χ2n) is 2.39. The minimum Gasteiger partial charge on any atom is -0.413 e. The van der Waals surface area contributed by atoms with Crippen LogP contribution in [0.3, 0.4) is 0 Å². The van der Waals surface area contributed by atoms with E-state index in [1.54, 1.807) is 0 Å². The highest BCUT2D eigenvalue weighted by molar-refractivity contribution is 6.43. The first kappa shape index (κ1) is 7.21. The van der Waals surface area contributed by atoms with E-state index < -0.39 is 9.28 Å². The number of hydrogen-bond acceptors (Lipinski definition) is 3. The first-order chi connectivity index (χ1) is 4.30. The van der Waals surface area contributed by atoms with Gasteiger partial charge in [-0.05, 0) is 12.8 Å². The molecular weight excluding hydrogens is 136 g/mol. The highest BCUT2D eigenvalue weighted by Crippen LogP contribution is 2.19. The maximum Gasteiger partial charge on any atom is 0.321 e. The molecule has 0 saturated carbocycles. The van der Waals surface area contributed by atoms with E-state index in [-0.39, 0.29) is 5.54 Å². The summed E-state index contributed by atoms with van der Waals surface area (Å²) < 4.78 is 5.06. The van der Waals surface area contributed by atoms with Crippen LogP contribution in [0.15, 0.2) is 0 Å². The molecule has 0 radical (unpaired) electrons. The Morgan fingerprint density at radius 2 is 2.22 bits per heavy atom. The SMILES string of the molecule is O[SiH](O)C1CCCOC1. The highest BCUT2D eigenvalue weighted by Gasteiger charge is 2.22. The highest BCUT2D eigenvalue weighted by atomic mass is 28.3. The minimum atomic E-state index is -2.38. The normalized spacial score (nSPS) is 29.0. The van der Waals surface area contributed by atoms with Crippen LogP contribution in [0.5, 0.6) is 0 Å². The van der Waals surface area contributed by atoms with Gasteiger partial charge in [0.15, 0.2) is 0 Å². The summed E-state index contributed by atoms with van der Waals surface area (Å²) >= 11 is 0. The molecule has 1 unspecified atom stereocenters. The molecule has 0 aliphatic carbocycles. The molecule has 2 N–H and O–H groups in total. The second kappa shape index (κ2) is 3.31. The maximum atomic E-state index is 8.79. The molecule has 1 rings (SSSR count). The lowest BCUT2D eigenvalue weighted by molar-refractivity contribution is 0.0879. The summed E-state index contributed by atoms with van der Waals surface area (Å²) in [6, 6.07) is 0. The van der Waals surface area contributed by atoms with E-state index in [0.717, 1.165) is 19.4 Å². The molecule has 4 heteroatoms. The van der Waals surface area contributed by atoms with Gasteiger partial charge in [0, 0.05) is 12.1 Å². The molecule has 1 saturated heterocycles. The van der Waals surface area contributed by atoms with Crippen molar-refractivity contribution in [2.75, 3.05) is 13.2 Å². The van der Waals surface area contributed by atoms with E-state index in [1.807, 2.05) is 0 Å². The minimum absolute atomic E-state index is 0.0822. The summed E-state index contributed by atoms with van der Waals surface area (Å²) in [4.78, 5) is 17.6. The Balaban J connectivity index is 2.23. The van der Waals surface area contributed by atoms with Crippen LogP contribution in [-0.2, 0) is 4.74 Å². The van der Waals surface area contributed by atoms with Crippen molar-refractivity contribution < 1.29 is 14.3 Å². The summed E-state index contributed by atoms with van der Waals surface area (Å²) in [7, 11) is -2.38. The molecule has 1 fully saturated rings. The molecule has 1 aliphatic rings. The Labute approximate surface area is 56.1 Å². The summed E-state index contributed by atoms with van der Waals surface area (Å²) in [5.41, 5.74) is 0.0822. The van der Waals surface area contributed by atoms with E-state index in [2.05, 4.69) is 0 Å². The number of ether oxygens (including phenoxy) is 1. The quantitative estimate of drug-likeness (QED) is 0.487. The molecule has 1 aliphatic heterocycles. The predicted octanol–water partition coefficient (Wildman–Crippen LogP) is -0.628. The summed E-state index contributed by atoms with van der Waals surface area (Å²) in [6.45, 7) is 1.35. The van der Waals surface area contributed by atoms with Gasteiger partial charge in [-0.3, -0.25) is 0 Å². The van der Waals surface area contributed by atoms with Crippen molar-refractivity contribution in [1.29, 1.82) is 0 Å². The van der Waals surface area contributed by atoms with Crippen molar-refractivity contribution in [3.8, 4) is 0 Å². The third-order valence-corrected chi connectivity index (χ3v) is 2.99. The fourth-order valence-corrected chi connectivity index (χ4v) is 1.84. The van der Waals surface area contributed by atoms with E-state index in [9.17, 15) is 0 Å². The molecule has 0 aromatic heterocycles. The van der Waals surface area contributed by atoms with Gasteiger partial charge in [0.05, 0.1) is 6.61 Å². The fraction of sp³-hybridized carbons (Fsp3) is 1.00. The molecule has 3 nitrogen and oxygen atoms in total. The smallest absolute Gasteiger partial charge is 0.321 e. The van der Waals surface area contributed by atoms with E-state index in [1.165, 1.54) is 0 Å². The summed E-state index contributed by atoms with van der Waals surface area (Å²) in [5.74, 6) is 0. The van der Waals surface area contributed by atoms with Crippen LogP contribution in [0.25, 0.3) is 0 Å². The van der Waals surface area contributed by atoms with Gasteiger partial charge in [-0.1, -0.05) is 0 Å².